The number of rotatable bonds is 4. The van der Waals surface area contributed by atoms with Gasteiger partial charge in [0.2, 0.25) is 0 Å². The summed E-state index contributed by atoms with van der Waals surface area (Å²) in [6.45, 7) is 0. The number of hydrogen-bond acceptors (Lipinski definition) is 2. The lowest BCUT2D eigenvalue weighted by Crippen LogP contribution is -2.03. The lowest BCUT2D eigenvalue weighted by atomic mass is 9.97. The molecule has 0 fully saturated rings. The normalized spacial score (nSPS) is 12.0. The third-order valence-electron chi connectivity index (χ3n) is 10.2. The van der Waals surface area contributed by atoms with Gasteiger partial charge in [0.25, 0.3) is 0 Å². The van der Waals surface area contributed by atoms with Gasteiger partial charge >= 0.3 is 0 Å². The molecule has 0 aliphatic rings. The fourth-order valence-corrected chi connectivity index (χ4v) is 8.21. The molecule has 0 aliphatic carbocycles. The molecule has 11 aromatic rings. The topological polar surface area (TPSA) is 35.1 Å². The molecule has 0 atom stereocenters. The van der Waals surface area contributed by atoms with Crippen LogP contribution in [0.2, 0.25) is 0 Å². The Morgan fingerprint density at radius 2 is 0.960 bits per heavy atom. The van der Waals surface area contributed by atoms with Crippen LogP contribution in [-0.2, 0) is 0 Å². The van der Waals surface area contributed by atoms with E-state index in [2.05, 4.69) is 155 Å². The second-order valence-corrected chi connectivity index (χ2v) is 12.9. The van der Waals surface area contributed by atoms with Crippen molar-refractivity contribution >= 4 is 60.0 Å². The van der Waals surface area contributed by atoms with Gasteiger partial charge in [0.15, 0.2) is 5.82 Å². The molecule has 0 bridgehead atoms. The molecule has 50 heavy (non-hydrogen) atoms. The van der Waals surface area contributed by atoms with Gasteiger partial charge in [-0.1, -0.05) is 140 Å². The first-order valence-electron chi connectivity index (χ1n) is 17.0. The van der Waals surface area contributed by atoms with Gasteiger partial charge in [-0.25, -0.2) is 9.97 Å². The predicted octanol–water partition coefficient (Wildman–Crippen LogP) is 11.7. The zero-order valence-electron chi connectivity index (χ0n) is 27.0. The maximum atomic E-state index is 5.40. The fraction of sp³-hybridized carbons (Fsp3) is 0. The first kappa shape index (κ1) is 27.2. The van der Waals surface area contributed by atoms with E-state index in [-0.39, 0.29) is 0 Å². The first-order valence-corrected chi connectivity index (χ1v) is 17.0. The van der Waals surface area contributed by atoms with Crippen LogP contribution in [0.1, 0.15) is 0 Å². The van der Waals surface area contributed by atoms with E-state index in [0.29, 0.717) is 0 Å². The van der Waals surface area contributed by atoms with Crippen molar-refractivity contribution in [2.24, 2.45) is 0 Å². The van der Waals surface area contributed by atoms with E-state index in [1.54, 1.807) is 0 Å². The summed E-state index contributed by atoms with van der Waals surface area (Å²) < 4.78 is 4.88. The number of benzene rings is 7. The Morgan fingerprint density at radius 1 is 0.380 bits per heavy atom. The molecule has 0 saturated carbocycles. The molecule has 232 valence electrons. The summed E-state index contributed by atoms with van der Waals surface area (Å²) in [5, 5.41) is 6.09. The molecule has 7 aromatic carbocycles. The number of aromatic nitrogens is 4. The van der Waals surface area contributed by atoms with Gasteiger partial charge in [-0.05, 0) is 46.8 Å². The average Bonchev–Trinajstić information content (AvgIpc) is 3.67. The molecular weight excluding hydrogens is 609 g/mol. The highest BCUT2D eigenvalue weighted by atomic mass is 15.1. The van der Waals surface area contributed by atoms with Gasteiger partial charge in [0.1, 0.15) is 5.69 Å². The average molecular weight is 637 g/mol. The quantitative estimate of drug-likeness (QED) is 0.193. The molecule has 0 N–H and O–H groups in total. The van der Waals surface area contributed by atoms with Crippen LogP contribution in [0.5, 0.6) is 0 Å². The Bertz CT molecular complexity index is 3070. The third kappa shape index (κ3) is 3.70. The number of para-hydroxylation sites is 3. The molecule has 0 unspecified atom stereocenters. The molecule has 0 aliphatic heterocycles. The van der Waals surface area contributed by atoms with Crippen LogP contribution in [0.3, 0.4) is 0 Å². The Balaban J connectivity index is 1.41. The molecule has 0 radical (unpaired) electrons. The smallest absolute Gasteiger partial charge is 0.165 e. The van der Waals surface area contributed by atoms with Crippen molar-refractivity contribution in [3.05, 3.63) is 170 Å². The van der Waals surface area contributed by atoms with E-state index in [9.17, 15) is 0 Å². The Kier molecular flexibility index (Phi) is 5.63. The van der Waals surface area contributed by atoms with Gasteiger partial charge in [0.05, 0.1) is 38.8 Å². The molecule has 0 spiro atoms. The molecule has 4 aromatic heterocycles. The zero-order chi connectivity index (χ0) is 32.8. The van der Waals surface area contributed by atoms with Crippen molar-refractivity contribution in [3.63, 3.8) is 0 Å². The third-order valence-corrected chi connectivity index (χ3v) is 10.2. The summed E-state index contributed by atoms with van der Waals surface area (Å²) in [6.07, 6.45) is 0. The molecule has 4 heterocycles. The lowest BCUT2D eigenvalue weighted by molar-refractivity contribution is 1.08. The van der Waals surface area contributed by atoms with E-state index in [1.165, 1.54) is 60.3 Å². The number of hydrogen-bond donors (Lipinski definition) is 0. The molecular formula is C46H28N4. The lowest BCUT2D eigenvalue weighted by Gasteiger charge is -2.14. The highest BCUT2D eigenvalue weighted by Gasteiger charge is 2.27. The highest BCUT2D eigenvalue weighted by molar-refractivity contribution is 6.32. The van der Waals surface area contributed by atoms with Crippen LogP contribution in [0, 0.1) is 0 Å². The molecule has 0 saturated heterocycles. The van der Waals surface area contributed by atoms with Crippen molar-refractivity contribution in [2.45, 2.75) is 0 Å². The van der Waals surface area contributed by atoms with Crippen LogP contribution < -0.4 is 0 Å². The van der Waals surface area contributed by atoms with Crippen molar-refractivity contribution in [1.82, 2.24) is 18.9 Å². The Morgan fingerprint density at radius 3 is 1.72 bits per heavy atom. The zero-order valence-corrected chi connectivity index (χ0v) is 27.0. The predicted molar refractivity (Wildman–Crippen MR) is 207 cm³/mol. The van der Waals surface area contributed by atoms with Crippen LogP contribution in [0.15, 0.2) is 170 Å². The van der Waals surface area contributed by atoms with Gasteiger partial charge in [0, 0.05) is 32.7 Å². The highest BCUT2D eigenvalue weighted by Crippen LogP contribution is 2.49. The van der Waals surface area contributed by atoms with Gasteiger partial charge in [-0.3, -0.25) is 4.57 Å². The molecule has 11 rings (SSSR count). The summed E-state index contributed by atoms with van der Waals surface area (Å²) in [7, 11) is 0. The minimum absolute atomic E-state index is 0.824. The van der Waals surface area contributed by atoms with Crippen molar-refractivity contribution in [1.29, 1.82) is 0 Å². The van der Waals surface area contributed by atoms with E-state index in [1.807, 2.05) is 24.3 Å². The van der Waals surface area contributed by atoms with Gasteiger partial charge in [-0.15, -0.1) is 0 Å². The second-order valence-electron chi connectivity index (χ2n) is 12.9. The molecule has 4 heteroatoms. The SMILES string of the molecule is c1ccc(-c2nc3ccccc3nc2-n2c3cccc4c5ccccc5n5c(-c6ccccc6)c(-c6ccccc6)c6ccc2c(c43)c65)cc1. The van der Waals surface area contributed by atoms with Crippen molar-refractivity contribution in [3.8, 4) is 39.5 Å². The van der Waals surface area contributed by atoms with Gasteiger partial charge in [-0.2, -0.15) is 0 Å². The first-order chi connectivity index (χ1) is 24.8. The standard InChI is InChI=1S/C46H28N4/c1-4-15-29(16-5-1)40-34-27-28-39-42-41-33(32-21-10-13-25-37(32)50(45(34)42)44(40)31-19-8-3-9-20-31)22-14-26-38(41)49(39)46-43(30-17-6-2-7-18-30)47-35-23-11-12-24-36(35)48-46/h1-28H. The maximum absolute atomic E-state index is 5.40. The van der Waals surface area contributed by atoms with E-state index < -0.39 is 0 Å². The van der Waals surface area contributed by atoms with E-state index in [0.717, 1.165) is 39.1 Å². The van der Waals surface area contributed by atoms with E-state index >= 15 is 0 Å². The number of fused-ring (bicyclic) bond motifs is 4. The summed E-state index contributed by atoms with van der Waals surface area (Å²) in [5.41, 5.74) is 13.0. The van der Waals surface area contributed by atoms with Gasteiger partial charge < -0.3 is 4.40 Å². The molecule has 0 amide bonds. The minimum Gasteiger partial charge on any atom is -0.307 e. The summed E-state index contributed by atoms with van der Waals surface area (Å²) >= 11 is 0. The van der Waals surface area contributed by atoms with Crippen LogP contribution in [0.25, 0.3) is 99.5 Å². The van der Waals surface area contributed by atoms with Crippen molar-refractivity contribution < 1.29 is 0 Å². The summed E-state index contributed by atoms with van der Waals surface area (Å²) in [4.78, 5) is 10.7. The van der Waals surface area contributed by atoms with Crippen LogP contribution >= 0.6 is 0 Å². The Labute approximate surface area is 287 Å². The van der Waals surface area contributed by atoms with Crippen LogP contribution in [-0.4, -0.2) is 18.9 Å². The van der Waals surface area contributed by atoms with Crippen molar-refractivity contribution in [2.75, 3.05) is 0 Å². The monoisotopic (exact) mass is 636 g/mol. The van der Waals surface area contributed by atoms with Crippen LogP contribution in [0.4, 0.5) is 0 Å². The maximum Gasteiger partial charge on any atom is 0.165 e. The summed E-state index contributed by atoms with van der Waals surface area (Å²) in [5.74, 6) is 0.824. The number of nitrogens with zero attached hydrogens (tertiary/aromatic N) is 4. The second kappa shape index (κ2) is 10.4. The Hall–Kier alpha value is -6.78. The minimum atomic E-state index is 0.824. The van der Waals surface area contributed by atoms with E-state index in [4.69, 9.17) is 9.97 Å². The fourth-order valence-electron chi connectivity index (χ4n) is 8.21. The summed E-state index contributed by atoms with van der Waals surface area (Å²) in [6, 6.07) is 60.5. The largest absolute Gasteiger partial charge is 0.307 e. The molecule has 4 nitrogen and oxygen atoms in total.